The Bertz CT molecular complexity index is 638. The maximum absolute atomic E-state index is 13.8. The third-order valence-electron chi connectivity index (χ3n) is 3.33. The number of rotatable bonds is 4. The Morgan fingerprint density at radius 2 is 1.90 bits per heavy atom. The average molecular weight is 272 g/mol. The summed E-state index contributed by atoms with van der Waals surface area (Å²) >= 11 is 0. The average Bonchev–Trinajstić information content (AvgIpc) is 3.27. The fraction of sp³-hybridized carbons (Fsp3) is 0.333. The van der Waals surface area contributed by atoms with Crippen LogP contribution < -0.4 is 10.6 Å². The minimum Gasteiger partial charge on any atom is -0.373 e. The highest BCUT2D eigenvalue weighted by Crippen LogP contribution is 2.39. The molecule has 0 unspecified atom stereocenters. The quantitative estimate of drug-likeness (QED) is 0.893. The van der Waals surface area contributed by atoms with E-state index in [9.17, 15) is 4.39 Å². The second-order valence-corrected chi connectivity index (χ2v) is 5.13. The first-order valence-electron chi connectivity index (χ1n) is 6.75. The molecular formula is C15H17FN4. The van der Waals surface area contributed by atoms with E-state index in [-0.39, 0.29) is 5.82 Å². The maximum Gasteiger partial charge on any atom is 0.146 e. The van der Waals surface area contributed by atoms with Gasteiger partial charge in [0.25, 0.3) is 0 Å². The van der Waals surface area contributed by atoms with Crippen LogP contribution >= 0.6 is 0 Å². The molecule has 0 aliphatic heterocycles. The normalized spacial score (nSPS) is 14.2. The second-order valence-electron chi connectivity index (χ2n) is 5.13. The molecule has 2 N–H and O–H groups in total. The smallest absolute Gasteiger partial charge is 0.146 e. The van der Waals surface area contributed by atoms with Crippen molar-refractivity contribution in [3.63, 3.8) is 0 Å². The second kappa shape index (κ2) is 5.07. The highest BCUT2D eigenvalue weighted by molar-refractivity contribution is 5.60. The molecule has 0 radical (unpaired) electrons. The molecule has 5 heteroatoms. The van der Waals surface area contributed by atoms with E-state index in [1.165, 1.54) is 6.07 Å². The summed E-state index contributed by atoms with van der Waals surface area (Å²) in [5.74, 6) is 2.36. The molecule has 1 aromatic heterocycles. The zero-order valence-corrected chi connectivity index (χ0v) is 11.6. The van der Waals surface area contributed by atoms with Gasteiger partial charge in [-0.25, -0.2) is 14.4 Å². The van der Waals surface area contributed by atoms with E-state index < -0.39 is 0 Å². The van der Waals surface area contributed by atoms with Crippen molar-refractivity contribution in [3.8, 4) is 0 Å². The van der Waals surface area contributed by atoms with Crippen molar-refractivity contribution >= 4 is 17.3 Å². The van der Waals surface area contributed by atoms with Gasteiger partial charge in [0.05, 0.1) is 5.69 Å². The molecule has 0 atom stereocenters. The van der Waals surface area contributed by atoms with Crippen molar-refractivity contribution in [3.05, 3.63) is 41.5 Å². The zero-order valence-electron chi connectivity index (χ0n) is 11.6. The summed E-state index contributed by atoms with van der Waals surface area (Å²) in [6.45, 7) is 1.93. The van der Waals surface area contributed by atoms with E-state index in [1.54, 1.807) is 18.2 Å². The van der Waals surface area contributed by atoms with Crippen molar-refractivity contribution in [2.24, 2.45) is 0 Å². The summed E-state index contributed by atoms with van der Waals surface area (Å²) in [5, 5.41) is 6.06. The fourth-order valence-electron chi connectivity index (χ4n) is 2.05. The molecule has 1 aromatic carbocycles. The lowest BCUT2D eigenvalue weighted by Gasteiger charge is -2.10. The van der Waals surface area contributed by atoms with Crippen molar-refractivity contribution in [2.45, 2.75) is 25.7 Å². The van der Waals surface area contributed by atoms with E-state index in [4.69, 9.17) is 0 Å². The van der Waals surface area contributed by atoms with E-state index >= 15 is 0 Å². The largest absolute Gasteiger partial charge is 0.373 e. The summed E-state index contributed by atoms with van der Waals surface area (Å²) in [6, 6.07) is 6.76. The van der Waals surface area contributed by atoms with Gasteiger partial charge in [-0.2, -0.15) is 0 Å². The zero-order chi connectivity index (χ0) is 14.1. The first kappa shape index (κ1) is 12.8. The number of nitrogens with one attached hydrogen (secondary N) is 2. The van der Waals surface area contributed by atoms with Crippen LogP contribution in [0.4, 0.5) is 21.7 Å². The Labute approximate surface area is 117 Å². The molecule has 2 aromatic rings. The summed E-state index contributed by atoms with van der Waals surface area (Å²) in [4.78, 5) is 8.92. The number of halogens is 1. The summed E-state index contributed by atoms with van der Waals surface area (Å²) in [7, 11) is 1.82. The van der Waals surface area contributed by atoms with E-state index in [0.29, 0.717) is 17.4 Å². The van der Waals surface area contributed by atoms with E-state index in [2.05, 4.69) is 20.6 Å². The van der Waals surface area contributed by atoms with Crippen LogP contribution in [0.3, 0.4) is 0 Å². The van der Waals surface area contributed by atoms with Crippen molar-refractivity contribution in [1.29, 1.82) is 0 Å². The molecule has 1 aliphatic carbocycles. The van der Waals surface area contributed by atoms with Crippen LogP contribution in [-0.4, -0.2) is 17.0 Å². The van der Waals surface area contributed by atoms with Gasteiger partial charge in [0.15, 0.2) is 0 Å². The van der Waals surface area contributed by atoms with Crippen LogP contribution in [-0.2, 0) is 0 Å². The van der Waals surface area contributed by atoms with Crippen LogP contribution in [0.15, 0.2) is 24.3 Å². The number of benzene rings is 1. The van der Waals surface area contributed by atoms with Crippen molar-refractivity contribution < 1.29 is 4.39 Å². The molecular weight excluding hydrogens is 255 g/mol. The van der Waals surface area contributed by atoms with E-state index in [1.807, 2.05) is 14.0 Å². The molecule has 1 aliphatic rings. The third kappa shape index (κ3) is 2.71. The predicted molar refractivity (Wildman–Crippen MR) is 78.0 cm³/mol. The highest BCUT2D eigenvalue weighted by Gasteiger charge is 2.27. The van der Waals surface area contributed by atoms with Crippen LogP contribution in [0.1, 0.15) is 30.1 Å². The number of aromatic nitrogens is 2. The monoisotopic (exact) mass is 272 g/mol. The fourth-order valence-corrected chi connectivity index (χ4v) is 2.05. The van der Waals surface area contributed by atoms with Crippen molar-refractivity contribution in [2.75, 3.05) is 17.7 Å². The van der Waals surface area contributed by atoms with E-state index in [0.717, 1.165) is 30.0 Å². The Balaban J connectivity index is 1.93. The lowest BCUT2D eigenvalue weighted by molar-refractivity contribution is 0.631. The lowest BCUT2D eigenvalue weighted by Crippen LogP contribution is -2.04. The highest BCUT2D eigenvalue weighted by atomic mass is 19.1. The first-order chi connectivity index (χ1) is 9.65. The molecule has 3 rings (SSSR count). The molecule has 1 saturated carbocycles. The molecule has 0 saturated heterocycles. The topological polar surface area (TPSA) is 49.8 Å². The molecule has 1 heterocycles. The molecule has 104 valence electrons. The standard InChI is InChI=1S/C15H17FN4/c1-9-3-6-11(16)12(7-9)18-14-8-13(17-2)19-15(20-14)10-4-5-10/h3,6-8,10H,4-5H2,1-2H3,(H2,17,18,19,20). The van der Waals surface area contributed by atoms with Gasteiger partial charge in [-0.05, 0) is 37.5 Å². The summed E-state index contributed by atoms with van der Waals surface area (Å²) in [5.41, 5.74) is 1.44. The Morgan fingerprint density at radius 3 is 2.60 bits per heavy atom. The van der Waals surface area contributed by atoms with Gasteiger partial charge in [0, 0.05) is 19.0 Å². The van der Waals surface area contributed by atoms with Gasteiger partial charge in [-0.1, -0.05) is 6.07 Å². The molecule has 0 spiro atoms. The Hall–Kier alpha value is -2.17. The minimum atomic E-state index is -0.284. The van der Waals surface area contributed by atoms with Crippen molar-refractivity contribution in [1.82, 2.24) is 9.97 Å². The first-order valence-corrected chi connectivity index (χ1v) is 6.75. The van der Waals surface area contributed by atoms with Crippen LogP contribution in [0.2, 0.25) is 0 Å². The van der Waals surface area contributed by atoms with Crippen LogP contribution in [0.5, 0.6) is 0 Å². The number of aryl methyl sites for hydroxylation is 1. The summed E-state index contributed by atoms with van der Waals surface area (Å²) < 4.78 is 13.8. The molecule has 20 heavy (non-hydrogen) atoms. The van der Waals surface area contributed by atoms with Gasteiger partial charge >= 0.3 is 0 Å². The Morgan fingerprint density at radius 1 is 1.15 bits per heavy atom. The number of nitrogens with zero attached hydrogens (tertiary/aromatic N) is 2. The maximum atomic E-state index is 13.8. The lowest BCUT2D eigenvalue weighted by atomic mass is 10.2. The molecule has 0 bridgehead atoms. The summed E-state index contributed by atoms with van der Waals surface area (Å²) in [6.07, 6.45) is 2.26. The number of hydrogen-bond donors (Lipinski definition) is 2. The Kier molecular flexibility index (Phi) is 3.26. The van der Waals surface area contributed by atoms with Gasteiger partial charge in [-0.3, -0.25) is 0 Å². The molecule has 1 fully saturated rings. The SMILES string of the molecule is CNc1cc(Nc2cc(C)ccc2F)nc(C2CC2)n1. The number of hydrogen-bond acceptors (Lipinski definition) is 4. The van der Waals surface area contributed by atoms with Gasteiger partial charge < -0.3 is 10.6 Å². The van der Waals surface area contributed by atoms with Crippen LogP contribution in [0, 0.1) is 12.7 Å². The minimum absolute atomic E-state index is 0.284. The van der Waals surface area contributed by atoms with Gasteiger partial charge in [0.1, 0.15) is 23.3 Å². The third-order valence-corrected chi connectivity index (χ3v) is 3.33. The molecule has 4 nitrogen and oxygen atoms in total. The number of anilines is 3. The molecule has 0 amide bonds. The van der Waals surface area contributed by atoms with Gasteiger partial charge in [0.2, 0.25) is 0 Å². The predicted octanol–water partition coefficient (Wildman–Crippen LogP) is 3.59. The van der Waals surface area contributed by atoms with Gasteiger partial charge in [-0.15, -0.1) is 0 Å². The van der Waals surface area contributed by atoms with Crippen LogP contribution in [0.25, 0.3) is 0 Å².